The zero-order valence-electron chi connectivity index (χ0n) is 13.8. The third kappa shape index (κ3) is 5.41. The molecule has 0 aromatic rings. The van der Waals surface area contributed by atoms with Crippen LogP contribution in [0.1, 0.15) is 41.0 Å². The Kier molecular flexibility index (Phi) is 7.33. The molecule has 0 spiro atoms. The van der Waals surface area contributed by atoms with E-state index in [1.807, 2.05) is 7.11 Å². The van der Waals surface area contributed by atoms with Gasteiger partial charge in [0.15, 0.2) is 0 Å². The topological polar surface area (TPSA) is 24.5 Å². The fraction of sp³-hybridized carbons (Fsp3) is 1.00. The second-order valence-electron chi connectivity index (χ2n) is 6.81. The molecule has 1 fully saturated rings. The monoisotopic (exact) mass is 270 g/mol. The van der Waals surface area contributed by atoms with Crippen LogP contribution in [0.5, 0.6) is 0 Å². The van der Waals surface area contributed by atoms with Crippen molar-refractivity contribution in [1.29, 1.82) is 0 Å². The fourth-order valence-electron chi connectivity index (χ4n) is 2.86. The molecule has 1 aliphatic rings. The molecule has 0 radical (unpaired) electrons. The zero-order chi connectivity index (χ0) is 14.4. The molecule has 3 nitrogen and oxygen atoms in total. The van der Waals surface area contributed by atoms with Crippen molar-refractivity contribution >= 4 is 0 Å². The summed E-state index contributed by atoms with van der Waals surface area (Å²) >= 11 is 0. The Hall–Kier alpha value is -0.120. The van der Waals surface area contributed by atoms with Gasteiger partial charge >= 0.3 is 0 Å². The quantitative estimate of drug-likeness (QED) is 0.769. The van der Waals surface area contributed by atoms with E-state index in [-0.39, 0.29) is 0 Å². The van der Waals surface area contributed by atoms with Crippen molar-refractivity contribution in [2.45, 2.75) is 53.2 Å². The minimum Gasteiger partial charge on any atom is -0.380 e. The Bertz CT molecular complexity index is 245. The molecule has 3 heteroatoms. The van der Waals surface area contributed by atoms with Crippen LogP contribution < -0.4 is 5.32 Å². The first-order valence-electron chi connectivity index (χ1n) is 7.93. The van der Waals surface area contributed by atoms with Gasteiger partial charge in [-0.25, -0.2) is 0 Å². The lowest BCUT2D eigenvalue weighted by Crippen LogP contribution is -2.50. The highest BCUT2D eigenvalue weighted by Gasteiger charge is 2.30. The molecule has 1 saturated heterocycles. The molecule has 0 saturated carbocycles. The number of hydrogen-bond donors (Lipinski definition) is 1. The average Bonchev–Trinajstić information content (AvgIpc) is 2.38. The summed E-state index contributed by atoms with van der Waals surface area (Å²) in [4.78, 5) is 2.61. The van der Waals surface area contributed by atoms with E-state index in [0.29, 0.717) is 24.0 Å². The lowest BCUT2D eigenvalue weighted by Gasteiger charge is -2.41. The largest absolute Gasteiger partial charge is 0.380 e. The predicted octanol–water partition coefficient (Wildman–Crippen LogP) is 2.61. The Morgan fingerprint density at radius 3 is 2.47 bits per heavy atom. The molecule has 1 aliphatic heterocycles. The second kappa shape index (κ2) is 8.23. The average molecular weight is 270 g/mol. The van der Waals surface area contributed by atoms with Gasteiger partial charge in [0, 0.05) is 19.7 Å². The molecule has 0 aromatic carbocycles. The van der Waals surface area contributed by atoms with Gasteiger partial charge in [-0.05, 0) is 50.7 Å². The van der Waals surface area contributed by atoms with Crippen LogP contribution in [0.25, 0.3) is 0 Å². The van der Waals surface area contributed by atoms with E-state index in [0.717, 1.165) is 25.6 Å². The Labute approximate surface area is 120 Å². The molecule has 1 rings (SSSR count). The second-order valence-corrected chi connectivity index (χ2v) is 6.81. The number of nitrogens with one attached hydrogen (secondary N) is 1. The first-order valence-corrected chi connectivity index (χ1v) is 7.93. The van der Waals surface area contributed by atoms with Crippen LogP contribution >= 0.6 is 0 Å². The summed E-state index contributed by atoms with van der Waals surface area (Å²) in [6.45, 7) is 16.1. The van der Waals surface area contributed by atoms with Gasteiger partial charge < -0.3 is 10.1 Å². The van der Waals surface area contributed by atoms with Gasteiger partial charge in [0.1, 0.15) is 0 Å². The van der Waals surface area contributed by atoms with Crippen LogP contribution in [-0.4, -0.2) is 50.3 Å². The molecule has 4 unspecified atom stereocenters. The zero-order valence-corrected chi connectivity index (χ0v) is 13.8. The summed E-state index contributed by atoms with van der Waals surface area (Å²) in [6, 6.07) is 0.629. The maximum absolute atomic E-state index is 5.62. The number of hydrogen-bond acceptors (Lipinski definition) is 3. The summed E-state index contributed by atoms with van der Waals surface area (Å²) in [6.07, 6.45) is 1.67. The van der Waals surface area contributed by atoms with E-state index in [4.69, 9.17) is 4.74 Å². The standard InChI is InChI=1S/C16H34N2O/c1-12(2)9-17-10-14(4)15(5)18-8-7-13(3)16(11-18)19-6/h12-17H,7-11H2,1-6H3. The molecule has 0 aliphatic carbocycles. The van der Waals surface area contributed by atoms with Crippen LogP contribution in [0.15, 0.2) is 0 Å². The summed E-state index contributed by atoms with van der Waals surface area (Å²) < 4.78 is 5.62. The molecule has 1 heterocycles. The number of methoxy groups -OCH3 is 1. The van der Waals surface area contributed by atoms with E-state index in [2.05, 4.69) is 44.8 Å². The van der Waals surface area contributed by atoms with Crippen molar-refractivity contribution in [3.63, 3.8) is 0 Å². The molecular formula is C16H34N2O. The molecule has 19 heavy (non-hydrogen) atoms. The molecule has 0 bridgehead atoms. The van der Waals surface area contributed by atoms with E-state index in [1.165, 1.54) is 13.0 Å². The number of rotatable bonds is 7. The van der Waals surface area contributed by atoms with Crippen molar-refractivity contribution in [1.82, 2.24) is 10.2 Å². The van der Waals surface area contributed by atoms with Gasteiger partial charge in [-0.2, -0.15) is 0 Å². The lowest BCUT2D eigenvalue weighted by atomic mass is 9.92. The normalized spacial score (nSPS) is 28.6. The highest BCUT2D eigenvalue weighted by molar-refractivity contribution is 4.84. The van der Waals surface area contributed by atoms with E-state index in [1.54, 1.807) is 0 Å². The predicted molar refractivity (Wildman–Crippen MR) is 82.5 cm³/mol. The van der Waals surface area contributed by atoms with Crippen molar-refractivity contribution in [2.24, 2.45) is 17.8 Å². The third-order valence-corrected chi connectivity index (χ3v) is 4.64. The SMILES string of the molecule is COC1CN(C(C)C(C)CNCC(C)C)CCC1C. The van der Waals surface area contributed by atoms with Gasteiger partial charge in [-0.1, -0.05) is 27.7 Å². The number of piperidine rings is 1. The van der Waals surface area contributed by atoms with E-state index >= 15 is 0 Å². The van der Waals surface area contributed by atoms with E-state index in [9.17, 15) is 0 Å². The number of ether oxygens (including phenoxy) is 1. The van der Waals surface area contributed by atoms with Crippen molar-refractivity contribution in [2.75, 3.05) is 33.3 Å². The highest BCUT2D eigenvalue weighted by atomic mass is 16.5. The van der Waals surface area contributed by atoms with Crippen LogP contribution in [0.3, 0.4) is 0 Å². The molecule has 1 N–H and O–H groups in total. The Balaban J connectivity index is 2.37. The Morgan fingerprint density at radius 1 is 1.21 bits per heavy atom. The molecule has 4 atom stereocenters. The summed E-state index contributed by atoms with van der Waals surface area (Å²) in [5.41, 5.74) is 0. The molecular weight excluding hydrogens is 236 g/mol. The maximum atomic E-state index is 5.62. The van der Waals surface area contributed by atoms with Crippen LogP contribution in [0, 0.1) is 17.8 Å². The van der Waals surface area contributed by atoms with Crippen molar-refractivity contribution < 1.29 is 4.74 Å². The van der Waals surface area contributed by atoms with Gasteiger partial charge in [0.05, 0.1) is 6.10 Å². The molecule has 0 aromatic heterocycles. The number of likely N-dealkylation sites (tertiary alicyclic amines) is 1. The van der Waals surface area contributed by atoms with Gasteiger partial charge in [-0.15, -0.1) is 0 Å². The highest BCUT2D eigenvalue weighted by Crippen LogP contribution is 2.23. The fourth-order valence-corrected chi connectivity index (χ4v) is 2.86. The molecule has 0 amide bonds. The van der Waals surface area contributed by atoms with E-state index < -0.39 is 0 Å². The molecule has 114 valence electrons. The first kappa shape index (κ1) is 16.9. The van der Waals surface area contributed by atoms with Crippen LogP contribution in [0.4, 0.5) is 0 Å². The third-order valence-electron chi connectivity index (χ3n) is 4.64. The van der Waals surface area contributed by atoms with Gasteiger partial charge in [0.2, 0.25) is 0 Å². The van der Waals surface area contributed by atoms with Crippen LogP contribution in [-0.2, 0) is 4.74 Å². The lowest BCUT2D eigenvalue weighted by molar-refractivity contribution is -0.0237. The maximum Gasteiger partial charge on any atom is 0.0724 e. The number of nitrogens with zero attached hydrogens (tertiary/aromatic N) is 1. The summed E-state index contributed by atoms with van der Waals surface area (Å²) in [5.74, 6) is 2.11. The Morgan fingerprint density at radius 2 is 1.89 bits per heavy atom. The van der Waals surface area contributed by atoms with Crippen LogP contribution in [0.2, 0.25) is 0 Å². The van der Waals surface area contributed by atoms with Gasteiger partial charge in [-0.3, -0.25) is 4.90 Å². The summed E-state index contributed by atoms with van der Waals surface area (Å²) in [5, 5.41) is 3.58. The first-order chi connectivity index (χ1) is 8.95. The minimum atomic E-state index is 0.409. The van der Waals surface area contributed by atoms with Crippen molar-refractivity contribution in [3.05, 3.63) is 0 Å². The smallest absolute Gasteiger partial charge is 0.0724 e. The minimum absolute atomic E-state index is 0.409. The summed E-state index contributed by atoms with van der Waals surface area (Å²) in [7, 11) is 1.85. The van der Waals surface area contributed by atoms with Crippen molar-refractivity contribution in [3.8, 4) is 0 Å². The van der Waals surface area contributed by atoms with Gasteiger partial charge in [0.25, 0.3) is 0 Å².